The third-order valence-corrected chi connectivity index (χ3v) is 6.85. The molecular weight excluding hydrogens is 500 g/mol. The number of aromatic nitrogens is 5. The molecular formula is C23H21BrN8O2. The van der Waals surface area contributed by atoms with Crippen LogP contribution in [0.5, 0.6) is 0 Å². The van der Waals surface area contributed by atoms with E-state index in [9.17, 15) is 10.1 Å². The van der Waals surface area contributed by atoms with Gasteiger partial charge in [0.05, 0.1) is 28.4 Å². The quantitative estimate of drug-likeness (QED) is 0.405. The van der Waals surface area contributed by atoms with Gasteiger partial charge in [-0.3, -0.25) is 4.79 Å². The fourth-order valence-electron chi connectivity index (χ4n) is 4.47. The highest BCUT2D eigenvalue weighted by atomic mass is 79.9. The molecule has 1 aliphatic carbocycles. The van der Waals surface area contributed by atoms with Crippen LogP contribution >= 0.6 is 15.9 Å². The van der Waals surface area contributed by atoms with Crippen molar-refractivity contribution in [1.82, 2.24) is 30.0 Å². The van der Waals surface area contributed by atoms with E-state index in [1.54, 1.807) is 30.1 Å². The molecule has 1 fully saturated rings. The number of hydrogen-bond acceptors (Lipinski definition) is 8. The number of nitriles is 1. The van der Waals surface area contributed by atoms with Crippen molar-refractivity contribution in [3.63, 3.8) is 0 Å². The summed E-state index contributed by atoms with van der Waals surface area (Å²) < 4.78 is 7.61. The minimum atomic E-state index is -0.403. The summed E-state index contributed by atoms with van der Waals surface area (Å²) in [5.74, 6) is 0.893. The lowest BCUT2D eigenvalue weighted by Gasteiger charge is -2.22. The second kappa shape index (κ2) is 8.53. The predicted octanol–water partition coefficient (Wildman–Crippen LogP) is 3.82. The van der Waals surface area contributed by atoms with Gasteiger partial charge in [-0.15, -0.1) is 0 Å². The monoisotopic (exact) mass is 520 g/mol. The van der Waals surface area contributed by atoms with E-state index in [2.05, 4.69) is 47.7 Å². The van der Waals surface area contributed by atoms with Crippen LogP contribution in [0.1, 0.15) is 31.7 Å². The fourth-order valence-corrected chi connectivity index (χ4v) is 4.91. The number of fused-ring (bicyclic) bond motifs is 1. The molecule has 1 saturated carbocycles. The van der Waals surface area contributed by atoms with E-state index in [1.165, 1.54) is 12.5 Å². The van der Waals surface area contributed by atoms with Crippen LogP contribution < -0.4 is 10.6 Å². The molecule has 0 aliphatic heterocycles. The van der Waals surface area contributed by atoms with Crippen molar-refractivity contribution < 1.29 is 9.21 Å². The highest BCUT2D eigenvalue weighted by Crippen LogP contribution is 2.39. The average Bonchev–Trinajstić information content (AvgIpc) is 3.58. The van der Waals surface area contributed by atoms with E-state index < -0.39 is 5.41 Å². The molecule has 0 spiro atoms. The fraction of sp³-hybridized carbons (Fsp3) is 0.304. The highest BCUT2D eigenvalue weighted by molar-refractivity contribution is 9.10. The van der Waals surface area contributed by atoms with Crippen molar-refractivity contribution in [2.24, 2.45) is 5.41 Å². The lowest BCUT2D eigenvalue weighted by Crippen LogP contribution is -2.35. The standard InChI is InChI=1S/C23H21BrN8O2/c1-23(21(33)26-2)6-5-14(10-23)29-22-28-12-17-18(24)31-32(19(17)30-22)15-3-4-16(13(9-15)11-25)20-27-7-8-34-20/h3-4,7-9,12,14H,5-6,10H2,1-2H3,(H,26,33)(H,28,29,30)/t14-,23?/m1/s1. The van der Waals surface area contributed by atoms with Crippen LogP contribution in [0.2, 0.25) is 0 Å². The van der Waals surface area contributed by atoms with Crippen LogP contribution in [0.25, 0.3) is 28.2 Å². The Morgan fingerprint density at radius 1 is 1.38 bits per heavy atom. The van der Waals surface area contributed by atoms with Crippen LogP contribution in [0.3, 0.4) is 0 Å². The SMILES string of the molecule is CNC(=O)C1(C)CC[C@@H](Nc2ncc3c(Br)nn(-c4ccc(-c5ncco5)c(C#N)c4)c3n2)C1. The zero-order valence-electron chi connectivity index (χ0n) is 18.5. The van der Waals surface area contributed by atoms with Gasteiger partial charge in [0.2, 0.25) is 17.7 Å². The first kappa shape index (κ1) is 22.0. The maximum Gasteiger partial charge on any atom is 0.227 e. The van der Waals surface area contributed by atoms with Gasteiger partial charge in [0, 0.05) is 24.7 Å². The predicted molar refractivity (Wildman–Crippen MR) is 128 cm³/mol. The second-order valence-electron chi connectivity index (χ2n) is 8.54. The van der Waals surface area contributed by atoms with E-state index in [-0.39, 0.29) is 11.9 Å². The zero-order chi connectivity index (χ0) is 23.9. The molecule has 10 nitrogen and oxygen atoms in total. The van der Waals surface area contributed by atoms with Gasteiger partial charge in [-0.2, -0.15) is 15.3 Å². The molecule has 1 aromatic carbocycles. The summed E-state index contributed by atoms with van der Waals surface area (Å²) in [6.07, 6.45) is 7.05. The number of nitrogens with zero attached hydrogens (tertiary/aromatic N) is 6. The van der Waals surface area contributed by atoms with E-state index in [0.29, 0.717) is 45.3 Å². The van der Waals surface area contributed by atoms with Gasteiger partial charge in [-0.1, -0.05) is 6.92 Å². The Hall–Kier alpha value is -3.78. The number of oxazole rings is 1. The number of benzene rings is 1. The highest BCUT2D eigenvalue weighted by Gasteiger charge is 2.41. The molecule has 0 saturated heterocycles. The molecule has 0 radical (unpaired) electrons. The van der Waals surface area contributed by atoms with E-state index in [0.717, 1.165) is 18.2 Å². The normalized spacial score (nSPS) is 19.8. The lowest BCUT2D eigenvalue weighted by molar-refractivity contribution is -0.129. The summed E-state index contributed by atoms with van der Waals surface area (Å²) in [6, 6.07) is 7.62. The maximum absolute atomic E-state index is 12.2. The number of nitrogens with one attached hydrogen (secondary N) is 2. The number of amides is 1. The van der Waals surface area contributed by atoms with Gasteiger partial charge in [-0.05, 0) is 53.4 Å². The van der Waals surface area contributed by atoms with E-state index in [1.807, 2.05) is 13.0 Å². The van der Waals surface area contributed by atoms with Crippen molar-refractivity contribution in [2.75, 3.05) is 12.4 Å². The molecule has 5 rings (SSSR count). The molecule has 2 N–H and O–H groups in total. The van der Waals surface area contributed by atoms with Crippen LogP contribution in [0.15, 0.2) is 45.9 Å². The van der Waals surface area contributed by atoms with Gasteiger partial charge in [0.25, 0.3) is 0 Å². The Kier molecular flexibility index (Phi) is 5.53. The smallest absolute Gasteiger partial charge is 0.227 e. The minimum Gasteiger partial charge on any atom is -0.444 e. The van der Waals surface area contributed by atoms with E-state index >= 15 is 0 Å². The third-order valence-electron chi connectivity index (χ3n) is 6.26. The first-order valence-corrected chi connectivity index (χ1v) is 11.6. The second-order valence-corrected chi connectivity index (χ2v) is 9.29. The summed E-state index contributed by atoms with van der Waals surface area (Å²) in [5.41, 5.74) is 1.86. The number of anilines is 1. The van der Waals surface area contributed by atoms with Gasteiger partial charge in [-0.25, -0.2) is 14.6 Å². The first-order valence-electron chi connectivity index (χ1n) is 10.8. The molecule has 0 bridgehead atoms. The number of halogens is 1. The molecule has 1 amide bonds. The topological polar surface area (TPSA) is 135 Å². The Balaban J connectivity index is 1.47. The number of rotatable bonds is 5. The molecule has 2 atom stereocenters. The Bertz CT molecular complexity index is 1430. The van der Waals surface area contributed by atoms with Crippen molar-refractivity contribution >= 4 is 38.8 Å². The summed E-state index contributed by atoms with van der Waals surface area (Å²) in [5, 5.41) is 21.1. The molecule has 3 aromatic heterocycles. The van der Waals surface area contributed by atoms with Crippen molar-refractivity contribution in [2.45, 2.75) is 32.2 Å². The molecule has 172 valence electrons. The van der Waals surface area contributed by atoms with Crippen molar-refractivity contribution in [3.05, 3.63) is 47.0 Å². The van der Waals surface area contributed by atoms with Crippen molar-refractivity contribution in [1.29, 1.82) is 5.26 Å². The number of hydrogen-bond donors (Lipinski definition) is 2. The van der Waals surface area contributed by atoms with Gasteiger partial charge in [0.1, 0.15) is 16.9 Å². The maximum atomic E-state index is 12.2. The Labute approximate surface area is 203 Å². The molecule has 3 heterocycles. The van der Waals surface area contributed by atoms with Gasteiger partial charge in [0.15, 0.2) is 5.65 Å². The Morgan fingerprint density at radius 2 is 2.24 bits per heavy atom. The zero-order valence-corrected chi connectivity index (χ0v) is 20.1. The Morgan fingerprint density at radius 3 is 2.97 bits per heavy atom. The molecule has 1 aliphatic rings. The minimum absolute atomic E-state index is 0.0525. The van der Waals surface area contributed by atoms with Crippen LogP contribution in [-0.2, 0) is 4.79 Å². The molecule has 34 heavy (non-hydrogen) atoms. The summed E-state index contributed by atoms with van der Waals surface area (Å²) in [6.45, 7) is 1.98. The molecule has 4 aromatic rings. The van der Waals surface area contributed by atoms with Crippen molar-refractivity contribution in [3.8, 4) is 23.2 Å². The molecule has 11 heteroatoms. The largest absolute Gasteiger partial charge is 0.444 e. The number of carbonyl (C=O) groups is 1. The summed E-state index contributed by atoms with van der Waals surface area (Å²) in [7, 11) is 1.67. The lowest BCUT2D eigenvalue weighted by atomic mass is 9.87. The summed E-state index contributed by atoms with van der Waals surface area (Å²) >= 11 is 3.48. The van der Waals surface area contributed by atoms with E-state index in [4.69, 9.17) is 9.40 Å². The average molecular weight is 521 g/mol. The van der Waals surface area contributed by atoms with Crippen LogP contribution in [-0.4, -0.2) is 43.7 Å². The molecule has 1 unspecified atom stereocenters. The first-order chi connectivity index (χ1) is 16.4. The van der Waals surface area contributed by atoms with Gasteiger partial charge >= 0.3 is 0 Å². The number of carbonyl (C=O) groups excluding carboxylic acids is 1. The van der Waals surface area contributed by atoms with Crippen LogP contribution in [0, 0.1) is 16.7 Å². The van der Waals surface area contributed by atoms with Gasteiger partial charge < -0.3 is 15.1 Å². The van der Waals surface area contributed by atoms with Crippen LogP contribution in [0.4, 0.5) is 5.95 Å². The third kappa shape index (κ3) is 3.80. The summed E-state index contributed by atoms with van der Waals surface area (Å²) in [4.78, 5) is 25.5.